The first kappa shape index (κ1) is 18.3. The van der Waals surface area contributed by atoms with Crippen LogP contribution in [0.4, 0.5) is 5.82 Å². The van der Waals surface area contributed by atoms with Crippen molar-refractivity contribution in [1.82, 2.24) is 15.2 Å². The average Bonchev–Trinajstić information content (AvgIpc) is 2.60. The van der Waals surface area contributed by atoms with E-state index in [2.05, 4.69) is 20.5 Å². The molecule has 2 aromatic rings. The van der Waals surface area contributed by atoms with Gasteiger partial charge in [0.05, 0.1) is 18.7 Å². The van der Waals surface area contributed by atoms with Crippen molar-refractivity contribution < 1.29 is 14.3 Å². The number of carbonyl (C=O) groups is 1. The third-order valence-electron chi connectivity index (χ3n) is 2.99. The van der Waals surface area contributed by atoms with E-state index in [0.29, 0.717) is 28.3 Å². The van der Waals surface area contributed by atoms with Gasteiger partial charge >= 0.3 is 5.97 Å². The molecular weight excluding hydrogens is 352 g/mol. The Morgan fingerprint density at radius 2 is 2.17 bits per heavy atom. The van der Waals surface area contributed by atoms with Crippen LogP contribution in [-0.2, 0) is 11.3 Å². The van der Waals surface area contributed by atoms with Crippen LogP contribution in [0.15, 0.2) is 23.4 Å². The number of hydrogen-bond donors (Lipinski definition) is 1. The number of methoxy groups -OCH3 is 1. The van der Waals surface area contributed by atoms with E-state index in [1.54, 1.807) is 26.2 Å². The highest BCUT2D eigenvalue weighted by molar-refractivity contribution is 7.98. The van der Waals surface area contributed by atoms with E-state index in [1.807, 2.05) is 12.3 Å². The second kappa shape index (κ2) is 8.70. The Morgan fingerprint density at radius 3 is 2.79 bits per heavy atom. The van der Waals surface area contributed by atoms with Crippen LogP contribution in [0.3, 0.4) is 0 Å². The van der Waals surface area contributed by atoms with Crippen molar-refractivity contribution in [3.63, 3.8) is 0 Å². The van der Waals surface area contributed by atoms with Crippen molar-refractivity contribution in [1.29, 1.82) is 0 Å². The van der Waals surface area contributed by atoms with E-state index in [4.69, 9.17) is 21.1 Å². The van der Waals surface area contributed by atoms with Gasteiger partial charge in [0.2, 0.25) is 10.9 Å². The van der Waals surface area contributed by atoms with E-state index < -0.39 is 5.97 Å². The smallest absolute Gasteiger partial charge is 0.362 e. The number of thioether (sulfide) groups is 1. The minimum atomic E-state index is -0.569. The molecule has 0 aliphatic carbocycles. The average molecular weight is 369 g/mol. The maximum Gasteiger partial charge on any atom is 0.362 e. The predicted molar refractivity (Wildman–Crippen MR) is 92.9 cm³/mol. The molecule has 2 rings (SSSR count). The lowest BCUT2D eigenvalue weighted by Gasteiger charge is -2.11. The van der Waals surface area contributed by atoms with Crippen molar-refractivity contribution in [2.75, 3.05) is 25.3 Å². The van der Waals surface area contributed by atoms with Crippen LogP contribution in [0, 0.1) is 0 Å². The summed E-state index contributed by atoms with van der Waals surface area (Å²) in [7, 11) is 1.56. The molecule has 0 bridgehead atoms. The van der Waals surface area contributed by atoms with Crippen LogP contribution in [0.5, 0.6) is 5.75 Å². The van der Waals surface area contributed by atoms with Crippen molar-refractivity contribution in [3.05, 3.63) is 34.5 Å². The highest BCUT2D eigenvalue weighted by Crippen LogP contribution is 2.25. The van der Waals surface area contributed by atoms with Crippen LogP contribution in [-0.4, -0.2) is 41.1 Å². The normalized spacial score (nSPS) is 10.3. The molecule has 0 radical (unpaired) electrons. The summed E-state index contributed by atoms with van der Waals surface area (Å²) in [6.45, 7) is 2.38. The zero-order chi connectivity index (χ0) is 17.5. The van der Waals surface area contributed by atoms with E-state index in [9.17, 15) is 4.79 Å². The molecule has 1 aromatic carbocycles. The van der Waals surface area contributed by atoms with Gasteiger partial charge in [0.15, 0.2) is 5.82 Å². The summed E-state index contributed by atoms with van der Waals surface area (Å²) in [5.41, 5.74) is 0.953. The van der Waals surface area contributed by atoms with E-state index in [-0.39, 0.29) is 12.3 Å². The lowest BCUT2D eigenvalue weighted by atomic mass is 10.2. The molecule has 0 aliphatic rings. The topological polar surface area (TPSA) is 86.2 Å². The maximum atomic E-state index is 12.0. The van der Waals surface area contributed by atoms with Gasteiger partial charge in [-0.15, -0.1) is 10.2 Å². The van der Waals surface area contributed by atoms with Crippen LogP contribution in [0.25, 0.3) is 0 Å². The van der Waals surface area contributed by atoms with Gasteiger partial charge in [-0.1, -0.05) is 29.4 Å². The number of nitrogens with one attached hydrogen (secondary N) is 1. The summed E-state index contributed by atoms with van der Waals surface area (Å²) < 4.78 is 10.1. The molecule has 0 atom stereocenters. The van der Waals surface area contributed by atoms with Crippen LogP contribution in [0.2, 0.25) is 5.02 Å². The monoisotopic (exact) mass is 368 g/mol. The Bertz CT molecular complexity index is 730. The van der Waals surface area contributed by atoms with E-state index in [1.165, 1.54) is 11.8 Å². The number of anilines is 1. The second-order valence-corrected chi connectivity index (χ2v) is 5.72. The second-order valence-electron chi connectivity index (χ2n) is 4.54. The number of halogens is 1. The van der Waals surface area contributed by atoms with Crippen LogP contribution < -0.4 is 10.1 Å². The van der Waals surface area contributed by atoms with Gasteiger partial charge in [-0.2, -0.15) is 0 Å². The number of aromatic nitrogens is 3. The number of nitrogens with zero attached hydrogens (tertiary/aromatic N) is 3. The van der Waals surface area contributed by atoms with Gasteiger partial charge in [-0.3, -0.25) is 0 Å². The summed E-state index contributed by atoms with van der Waals surface area (Å²) in [5.74, 6) is 0.348. The number of benzene rings is 1. The minimum Gasteiger partial charge on any atom is -0.495 e. The van der Waals surface area contributed by atoms with Crippen molar-refractivity contribution in [2.45, 2.75) is 18.6 Å². The number of ether oxygens (including phenoxy) is 2. The molecule has 0 amide bonds. The van der Waals surface area contributed by atoms with Gasteiger partial charge < -0.3 is 14.8 Å². The van der Waals surface area contributed by atoms with Crippen molar-refractivity contribution in [3.8, 4) is 5.75 Å². The number of esters is 1. The Balaban J connectivity index is 2.21. The third-order valence-corrected chi connectivity index (χ3v) is 3.83. The SMILES string of the molecule is CCOC(=O)c1nnc(SC)nc1NCc1ccc(OC)c(Cl)c1. The first-order chi connectivity index (χ1) is 11.6. The molecule has 0 saturated carbocycles. The number of hydrogen-bond acceptors (Lipinski definition) is 8. The molecule has 1 aromatic heterocycles. The molecule has 7 nitrogen and oxygen atoms in total. The molecule has 1 N–H and O–H groups in total. The van der Waals surface area contributed by atoms with Gasteiger partial charge in [0, 0.05) is 6.54 Å². The van der Waals surface area contributed by atoms with Crippen molar-refractivity contribution >= 4 is 35.1 Å². The Kier molecular flexibility index (Phi) is 6.62. The van der Waals surface area contributed by atoms with Crippen LogP contribution >= 0.6 is 23.4 Å². The van der Waals surface area contributed by atoms with Gasteiger partial charge in [-0.25, -0.2) is 9.78 Å². The fourth-order valence-electron chi connectivity index (χ4n) is 1.86. The van der Waals surface area contributed by atoms with Gasteiger partial charge in [0.1, 0.15) is 5.75 Å². The molecule has 0 aliphatic heterocycles. The Labute approximate surface area is 149 Å². The number of carbonyl (C=O) groups excluding carboxylic acids is 1. The Hall–Kier alpha value is -2.06. The fraction of sp³-hybridized carbons (Fsp3) is 0.333. The van der Waals surface area contributed by atoms with E-state index in [0.717, 1.165) is 5.56 Å². The summed E-state index contributed by atoms with van der Waals surface area (Å²) >= 11 is 7.45. The molecule has 9 heteroatoms. The summed E-state index contributed by atoms with van der Waals surface area (Å²) in [6, 6.07) is 5.42. The molecule has 1 heterocycles. The van der Waals surface area contributed by atoms with E-state index >= 15 is 0 Å². The standard InChI is InChI=1S/C15H17ClN4O3S/c1-4-23-14(21)12-13(18-15(24-3)20-19-12)17-8-9-5-6-11(22-2)10(16)7-9/h5-7H,4,8H2,1-3H3,(H,17,18,20). The quantitative estimate of drug-likeness (QED) is 0.589. The predicted octanol–water partition coefficient (Wildman–Crippen LogP) is 3.04. The largest absolute Gasteiger partial charge is 0.495 e. The fourth-order valence-corrected chi connectivity index (χ4v) is 2.45. The first-order valence-corrected chi connectivity index (χ1v) is 8.71. The molecule has 0 fully saturated rings. The summed E-state index contributed by atoms with van der Waals surface area (Å²) in [4.78, 5) is 16.3. The summed E-state index contributed by atoms with van der Waals surface area (Å²) in [6.07, 6.45) is 1.83. The molecule has 0 spiro atoms. The lowest BCUT2D eigenvalue weighted by Crippen LogP contribution is -2.15. The molecule has 0 unspecified atom stereocenters. The summed E-state index contributed by atoms with van der Waals surface area (Å²) in [5, 5.41) is 11.8. The van der Waals surface area contributed by atoms with Gasteiger partial charge in [0.25, 0.3) is 0 Å². The molecule has 0 saturated heterocycles. The lowest BCUT2D eigenvalue weighted by molar-refractivity contribution is 0.0518. The zero-order valence-corrected chi connectivity index (χ0v) is 15.1. The zero-order valence-electron chi connectivity index (χ0n) is 13.5. The minimum absolute atomic E-state index is 0.0502. The number of rotatable bonds is 7. The highest BCUT2D eigenvalue weighted by Gasteiger charge is 2.18. The highest BCUT2D eigenvalue weighted by atomic mass is 35.5. The Morgan fingerprint density at radius 1 is 1.38 bits per heavy atom. The van der Waals surface area contributed by atoms with Crippen molar-refractivity contribution in [2.24, 2.45) is 0 Å². The van der Waals surface area contributed by atoms with Crippen LogP contribution in [0.1, 0.15) is 23.0 Å². The molecule has 128 valence electrons. The van der Waals surface area contributed by atoms with Gasteiger partial charge in [-0.05, 0) is 30.9 Å². The third kappa shape index (κ3) is 4.48. The molecule has 24 heavy (non-hydrogen) atoms. The maximum absolute atomic E-state index is 12.0. The first-order valence-electron chi connectivity index (χ1n) is 7.11. The molecular formula is C15H17ClN4O3S.